The van der Waals surface area contributed by atoms with Gasteiger partial charge in [0.1, 0.15) is 12.2 Å². The Morgan fingerprint density at radius 3 is 2.87 bits per heavy atom. The molecule has 1 saturated carbocycles. The monoisotopic (exact) mass is 412 g/mol. The van der Waals surface area contributed by atoms with Gasteiger partial charge in [0.2, 0.25) is 5.88 Å². The second kappa shape index (κ2) is 9.93. The van der Waals surface area contributed by atoms with Crippen molar-refractivity contribution in [2.75, 3.05) is 26.2 Å². The van der Waals surface area contributed by atoms with E-state index in [0.717, 1.165) is 49.6 Å². The molecular formula is C22H32N6O2. The van der Waals surface area contributed by atoms with Crippen LogP contribution in [0.1, 0.15) is 49.8 Å². The predicted octanol–water partition coefficient (Wildman–Crippen LogP) is 2.68. The summed E-state index contributed by atoms with van der Waals surface area (Å²) in [7, 11) is 1.92. The van der Waals surface area contributed by atoms with Crippen LogP contribution >= 0.6 is 0 Å². The molecule has 2 aliphatic rings. The quantitative estimate of drug-likeness (QED) is 0.581. The van der Waals surface area contributed by atoms with E-state index in [9.17, 15) is 0 Å². The Kier molecular flexibility index (Phi) is 6.84. The van der Waals surface area contributed by atoms with Gasteiger partial charge in [0, 0.05) is 44.2 Å². The van der Waals surface area contributed by atoms with Crippen molar-refractivity contribution < 1.29 is 9.47 Å². The average molecular weight is 413 g/mol. The average Bonchev–Trinajstić information content (AvgIpc) is 3.44. The molecule has 162 valence electrons. The molecule has 1 N–H and O–H groups in total. The number of hydrogen-bond acceptors (Lipinski definition) is 5. The van der Waals surface area contributed by atoms with Crippen molar-refractivity contribution in [2.45, 2.75) is 51.4 Å². The third-order valence-corrected chi connectivity index (χ3v) is 5.60. The molecule has 0 spiro atoms. The lowest BCUT2D eigenvalue weighted by Crippen LogP contribution is -2.48. The Morgan fingerprint density at radius 2 is 2.17 bits per heavy atom. The fraction of sp³-hybridized carbons (Fsp3) is 0.591. The summed E-state index contributed by atoms with van der Waals surface area (Å²) in [6.07, 6.45) is 10.9. The fourth-order valence-electron chi connectivity index (χ4n) is 3.99. The lowest BCUT2D eigenvalue weighted by Gasteiger charge is -2.34. The number of pyridine rings is 1. The van der Waals surface area contributed by atoms with Crippen LogP contribution in [0.2, 0.25) is 0 Å². The zero-order valence-electron chi connectivity index (χ0n) is 18.0. The first-order valence-corrected chi connectivity index (χ1v) is 11.0. The number of nitrogens with one attached hydrogen (secondary N) is 1. The summed E-state index contributed by atoms with van der Waals surface area (Å²) in [5.41, 5.74) is 2.17. The highest BCUT2D eigenvalue weighted by Crippen LogP contribution is 2.23. The number of aryl methyl sites for hydroxylation is 1. The van der Waals surface area contributed by atoms with Crippen LogP contribution in [0.5, 0.6) is 5.88 Å². The zero-order chi connectivity index (χ0) is 20.8. The van der Waals surface area contributed by atoms with Gasteiger partial charge in [-0.3, -0.25) is 4.68 Å². The molecule has 4 rings (SSSR count). The van der Waals surface area contributed by atoms with E-state index in [1.54, 1.807) is 0 Å². The molecule has 3 heterocycles. The Hall–Kier alpha value is -2.61. The van der Waals surface area contributed by atoms with E-state index in [-0.39, 0.29) is 6.10 Å². The standard InChI is InChI=1S/C22H32N6O2/c1-3-23-22(28-10-11-29-20(16-28)18-14-26-27(2)15-18)25-13-17-8-9-21(24-12-17)30-19-6-4-5-7-19/h8-9,12,14-15,19-20H,3-7,10-11,13,16H2,1-2H3,(H,23,25). The van der Waals surface area contributed by atoms with Gasteiger partial charge in [-0.05, 0) is 38.2 Å². The SMILES string of the molecule is CCNC(=NCc1ccc(OC2CCCC2)nc1)N1CCOC(c2cnn(C)c2)C1. The highest BCUT2D eigenvalue weighted by molar-refractivity contribution is 5.80. The number of rotatable bonds is 6. The van der Waals surface area contributed by atoms with Crippen LogP contribution in [0.4, 0.5) is 0 Å². The molecule has 1 unspecified atom stereocenters. The number of morpholine rings is 1. The highest BCUT2D eigenvalue weighted by atomic mass is 16.5. The van der Waals surface area contributed by atoms with Gasteiger partial charge >= 0.3 is 0 Å². The molecule has 0 radical (unpaired) electrons. The molecule has 1 aliphatic heterocycles. The van der Waals surface area contributed by atoms with E-state index >= 15 is 0 Å². The van der Waals surface area contributed by atoms with E-state index in [2.05, 4.69) is 33.3 Å². The van der Waals surface area contributed by atoms with Crippen molar-refractivity contribution in [1.29, 1.82) is 0 Å². The van der Waals surface area contributed by atoms with Crippen LogP contribution in [0.3, 0.4) is 0 Å². The first-order valence-electron chi connectivity index (χ1n) is 11.0. The molecule has 2 aromatic rings. The van der Waals surface area contributed by atoms with Crippen molar-refractivity contribution in [1.82, 2.24) is 25.0 Å². The van der Waals surface area contributed by atoms with E-state index < -0.39 is 0 Å². The van der Waals surface area contributed by atoms with Crippen LogP contribution in [-0.4, -0.2) is 58.0 Å². The normalized spacial score (nSPS) is 20.5. The second-order valence-electron chi connectivity index (χ2n) is 7.95. The van der Waals surface area contributed by atoms with Crippen molar-refractivity contribution in [3.8, 4) is 5.88 Å². The van der Waals surface area contributed by atoms with Gasteiger partial charge in [0.15, 0.2) is 5.96 Å². The second-order valence-corrected chi connectivity index (χ2v) is 7.95. The molecule has 2 fully saturated rings. The van der Waals surface area contributed by atoms with Crippen molar-refractivity contribution >= 4 is 5.96 Å². The van der Waals surface area contributed by atoms with Crippen LogP contribution in [0, 0.1) is 0 Å². The maximum atomic E-state index is 5.96. The van der Waals surface area contributed by atoms with E-state index in [1.165, 1.54) is 12.8 Å². The van der Waals surface area contributed by atoms with E-state index in [4.69, 9.17) is 14.5 Å². The summed E-state index contributed by atoms with van der Waals surface area (Å²) in [5.74, 6) is 1.62. The van der Waals surface area contributed by atoms with Gasteiger partial charge in [-0.2, -0.15) is 5.10 Å². The number of nitrogens with zero attached hydrogens (tertiary/aromatic N) is 5. The smallest absolute Gasteiger partial charge is 0.213 e. The van der Waals surface area contributed by atoms with Crippen molar-refractivity contribution in [3.05, 3.63) is 41.9 Å². The number of hydrogen-bond donors (Lipinski definition) is 1. The van der Waals surface area contributed by atoms with Gasteiger partial charge in [-0.25, -0.2) is 9.98 Å². The number of ether oxygens (including phenoxy) is 2. The van der Waals surface area contributed by atoms with Gasteiger partial charge in [0.05, 0.1) is 25.9 Å². The Bertz CT molecular complexity index is 828. The first kappa shape index (κ1) is 20.7. The number of guanidine groups is 1. The fourth-order valence-corrected chi connectivity index (χ4v) is 3.99. The summed E-state index contributed by atoms with van der Waals surface area (Å²) in [6.45, 7) is 5.72. The van der Waals surface area contributed by atoms with E-state index in [0.29, 0.717) is 25.1 Å². The minimum absolute atomic E-state index is 0.00462. The van der Waals surface area contributed by atoms with Crippen LogP contribution < -0.4 is 10.1 Å². The minimum atomic E-state index is 0.00462. The van der Waals surface area contributed by atoms with Crippen LogP contribution in [0.25, 0.3) is 0 Å². The Balaban J connectivity index is 1.38. The van der Waals surface area contributed by atoms with Crippen molar-refractivity contribution in [3.63, 3.8) is 0 Å². The molecule has 8 nitrogen and oxygen atoms in total. The predicted molar refractivity (Wildman–Crippen MR) is 115 cm³/mol. The summed E-state index contributed by atoms with van der Waals surface area (Å²) >= 11 is 0. The van der Waals surface area contributed by atoms with Crippen molar-refractivity contribution in [2.24, 2.45) is 12.0 Å². The maximum absolute atomic E-state index is 5.96. The Morgan fingerprint density at radius 1 is 1.30 bits per heavy atom. The van der Waals surface area contributed by atoms with Gasteiger partial charge in [0.25, 0.3) is 0 Å². The topological polar surface area (TPSA) is 76.8 Å². The molecule has 1 atom stereocenters. The minimum Gasteiger partial charge on any atom is -0.474 e. The summed E-state index contributed by atoms with van der Waals surface area (Å²) < 4.78 is 13.7. The number of aliphatic imine (C=N–C) groups is 1. The summed E-state index contributed by atoms with van der Waals surface area (Å²) in [4.78, 5) is 11.6. The highest BCUT2D eigenvalue weighted by Gasteiger charge is 2.25. The molecule has 2 aromatic heterocycles. The van der Waals surface area contributed by atoms with E-state index in [1.807, 2.05) is 36.4 Å². The first-order chi connectivity index (χ1) is 14.7. The van der Waals surface area contributed by atoms with Gasteiger partial charge < -0.3 is 19.7 Å². The molecular weight excluding hydrogens is 380 g/mol. The Labute approximate surface area is 178 Å². The molecule has 0 amide bonds. The summed E-state index contributed by atoms with van der Waals surface area (Å²) in [6, 6.07) is 4.02. The largest absolute Gasteiger partial charge is 0.474 e. The third-order valence-electron chi connectivity index (χ3n) is 5.60. The molecule has 1 saturated heterocycles. The molecule has 0 aromatic carbocycles. The van der Waals surface area contributed by atoms with Gasteiger partial charge in [-0.1, -0.05) is 6.07 Å². The lowest BCUT2D eigenvalue weighted by molar-refractivity contribution is -0.00805. The maximum Gasteiger partial charge on any atom is 0.213 e. The zero-order valence-corrected chi connectivity index (χ0v) is 18.0. The molecule has 30 heavy (non-hydrogen) atoms. The lowest BCUT2D eigenvalue weighted by atomic mass is 10.1. The molecule has 1 aliphatic carbocycles. The van der Waals surface area contributed by atoms with Crippen LogP contribution in [0.15, 0.2) is 35.7 Å². The van der Waals surface area contributed by atoms with Crippen LogP contribution in [-0.2, 0) is 18.3 Å². The summed E-state index contributed by atoms with van der Waals surface area (Å²) in [5, 5.41) is 7.68. The number of aromatic nitrogens is 3. The molecule has 0 bridgehead atoms. The third kappa shape index (κ3) is 5.30. The van der Waals surface area contributed by atoms with Gasteiger partial charge in [-0.15, -0.1) is 0 Å². The molecule has 8 heteroatoms.